The predicted molar refractivity (Wildman–Crippen MR) is 89.8 cm³/mol. The number of benzene rings is 2. The summed E-state index contributed by atoms with van der Waals surface area (Å²) in [5, 5.41) is 0.869. The zero-order valence-corrected chi connectivity index (χ0v) is 13.6. The van der Waals surface area contributed by atoms with Crippen LogP contribution in [0, 0.1) is 20.8 Å². The summed E-state index contributed by atoms with van der Waals surface area (Å²) >= 11 is 0. The number of sulfonamides is 1. The van der Waals surface area contributed by atoms with E-state index in [1.165, 1.54) is 0 Å². The summed E-state index contributed by atoms with van der Waals surface area (Å²) < 4.78 is 28.1. The molecule has 0 saturated carbocycles. The molecule has 2 aromatic carbocycles. The van der Waals surface area contributed by atoms with Crippen LogP contribution in [0.5, 0.6) is 0 Å². The molecule has 114 valence electrons. The molecule has 1 aromatic heterocycles. The number of aromatic nitrogens is 1. The normalized spacial score (nSPS) is 11.8. The monoisotopic (exact) mass is 314 g/mol. The molecule has 22 heavy (non-hydrogen) atoms. The molecule has 0 spiro atoms. The number of rotatable bonds is 3. The summed E-state index contributed by atoms with van der Waals surface area (Å²) in [5.41, 5.74) is 4.15. The first-order valence-electron chi connectivity index (χ1n) is 7.05. The van der Waals surface area contributed by atoms with Gasteiger partial charge in [-0.05, 0) is 56.2 Å². The number of hydrogen-bond acceptors (Lipinski definition) is 2. The standard InChI is InChI=1S/C17H18N2O2S/c1-11-7-8-12(2)17(9-11)22(20,21)19-16-6-4-5-15-14(16)10-13(3)18-15/h4-10,18-19H,1-3H3. The van der Waals surface area contributed by atoms with E-state index in [0.717, 1.165) is 27.7 Å². The van der Waals surface area contributed by atoms with Crippen LogP contribution in [0.2, 0.25) is 0 Å². The molecule has 0 bridgehead atoms. The maximum Gasteiger partial charge on any atom is 0.262 e. The van der Waals surface area contributed by atoms with Crippen molar-refractivity contribution in [1.82, 2.24) is 4.98 Å². The van der Waals surface area contributed by atoms with E-state index in [1.54, 1.807) is 19.1 Å². The lowest BCUT2D eigenvalue weighted by atomic mass is 10.2. The smallest absolute Gasteiger partial charge is 0.262 e. The molecule has 0 aliphatic carbocycles. The van der Waals surface area contributed by atoms with E-state index in [0.29, 0.717) is 10.6 Å². The lowest BCUT2D eigenvalue weighted by Gasteiger charge is -2.12. The molecule has 0 amide bonds. The Morgan fingerprint density at radius 1 is 1.00 bits per heavy atom. The van der Waals surface area contributed by atoms with Gasteiger partial charge in [0.25, 0.3) is 10.0 Å². The third kappa shape index (κ3) is 2.60. The number of aromatic amines is 1. The van der Waals surface area contributed by atoms with Crippen molar-refractivity contribution < 1.29 is 8.42 Å². The summed E-state index contributed by atoms with van der Waals surface area (Å²) in [7, 11) is -3.61. The van der Waals surface area contributed by atoms with E-state index in [9.17, 15) is 8.42 Å². The zero-order chi connectivity index (χ0) is 15.9. The highest BCUT2D eigenvalue weighted by atomic mass is 32.2. The van der Waals surface area contributed by atoms with E-state index in [1.807, 2.05) is 44.2 Å². The second kappa shape index (κ2) is 5.18. The quantitative estimate of drug-likeness (QED) is 0.770. The molecule has 1 heterocycles. The van der Waals surface area contributed by atoms with Crippen LogP contribution in [0.25, 0.3) is 10.9 Å². The maximum atomic E-state index is 12.7. The minimum absolute atomic E-state index is 0.316. The Morgan fingerprint density at radius 2 is 1.77 bits per heavy atom. The Kier molecular flexibility index (Phi) is 3.45. The van der Waals surface area contributed by atoms with Gasteiger partial charge >= 0.3 is 0 Å². The van der Waals surface area contributed by atoms with Crippen LogP contribution in [0.3, 0.4) is 0 Å². The lowest BCUT2D eigenvalue weighted by molar-refractivity contribution is 0.600. The predicted octanol–water partition coefficient (Wildman–Crippen LogP) is 3.89. The summed E-state index contributed by atoms with van der Waals surface area (Å²) in [6, 6.07) is 12.9. The Bertz CT molecular complexity index is 956. The Morgan fingerprint density at radius 3 is 2.55 bits per heavy atom. The second-order valence-corrected chi connectivity index (χ2v) is 7.24. The van der Waals surface area contributed by atoms with Gasteiger partial charge in [-0.15, -0.1) is 0 Å². The number of hydrogen-bond donors (Lipinski definition) is 2. The third-order valence-corrected chi connectivity index (χ3v) is 5.18. The van der Waals surface area contributed by atoms with Crippen molar-refractivity contribution in [1.29, 1.82) is 0 Å². The van der Waals surface area contributed by atoms with Gasteiger partial charge < -0.3 is 4.98 Å². The second-order valence-electron chi connectivity index (χ2n) is 5.59. The van der Waals surface area contributed by atoms with Crippen LogP contribution in [0.4, 0.5) is 5.69 Å². The summed E-state index contributed by atoms with van der Waals surface area (Å²) in [5.74, 6) is 0. The highest BCUT2D eigenvalue weighted by Gasteiger charge is 2.18. The van der Waals surface area contributed by atoms with Gasteiger partial charge in [0.2, 0.25) is 0 Å². The number of anilines is 1. The number of nitrogens with one attached hydrogen (secondary N) is 2. The first-order chi connectivity index (χ1) is 10.4. The average molecular weight is 314 g/mol. The maximum absolute atomic E-state index is 12.7. The van der Waals surface area contributed by atoms with Crippen LogP contribution < -0.4 is 4.72 Å². The van der Waals surface area contributed by atoms with Crippen LogP contribution in [0.1, 0.15) is 16.8 Å². The van der Waals surface area contributed by atoms with Crippen molar-refractivity contribution >= 4 is 26.6 Å². The molecule has 0 saturated heterocycles. The van der Waals surface area contributed by atoms with Gasteiger partial charge in [-0.2, -0.15) is 0 Å². The highest BCUT2D eigenvalue weighted by Crippen LogP contribution is 2.27. The zero-order valence-electron chi connectivity index (χ0n) is 12.8. The molecular weight excluding hydrogens is 296 g/mol. The lowest BCUT2D eigenvalue weighted by Crippen LogP contribution is -2.14. The SMILES string of the molecule is Cc1ccc(C)c(S(=O)(=O)Nc2cccc3[nH]c(C)cc23)c1. The fourth-order valence-corrected chi connectivity index (χ4v) is 3.99. The van der Waals surface area contributed by atoms with Crippen molar-refractivity contribution in [3.8, 4) is 0 Å². The number of fused-ring (bicyclic) bond motifs is 1. The summed E-state index contributed by atoms with van der Waals surface area (Å²) in [4.78, 5) is 3.53. The fraction of sp³-hybridized carbons (Fsp3) is 0.176. The van der Waals surface area contributed by atoms with Gasteiger partial charge in [0, 0.05) is 16.6 Å². The van der Waals surface area contributed by atoms with E-state index in [2.05, 4.69) is 9.71 Å². The van der Waals surface area contributed by atoms with Crippen LogP contribution in [-0.4, -0.2) is 13.4 Å². The molecule has 0 fully saturated rings. The van der Waals surface area contributed by atoms with Crippen LogP contribution >= 0.6 is 0 Å². The van der Waals surface area contributed by atoms with Gasteiger partial charge in [0.15, 0.2) is 0 Å². The van der Waals surface area contributed by atoms with Crippen LogP contribution in [0.15, 0.2) is 47.4 Å². The highest BCUT2D eigenvalue weighted by molar-refractivity contribution is 7.92. The third-order valence-electron chi connectivity index (χ3n) is 3.68. The fourth-order valence-electron chi connectivity index (χ4n) is 2.58. The van der Waals surface area contributed by atoms with Crippen molar-refractivity contribution in [2.75, 3.05) is 4.72 Å². The Balaban J connectivity index is 2.09. The minimum Gasteiger partial charge on any atom is -0.359 e. The van der Waals surface area contributed by atoms with Crippen molar-refractivity contribution in [2.24, 2.45) is 0 Å². The number of aryl methyl sites for hydroxylation is 3. The van der Waals surface area contributed by atoms with Gasteiger partial charge in [-0.25, -0.2) is 8.42 Å². The molecule has 3 aromatic rings. The Hall–Kier alpha value is -2.27. The summed E-state index contributed by atoms with van der Waals surface area (Å²) in [6.07, 6.45) is 0. The van der Waals surface area contributed by atoms with Crippen molar-refractivity contribution in [3.05, 3.63) is 59.3 Å². The molecule has 0 radical (unpaired) electrons. The van der Waals surface area contributed by atoms with E-state index in [-0.39, 0.29) is 0 Å². The average Bonchev–Trinajstić information content (AvgIpc) is 2.82. The molecule has 4 nitrogen and oxygen atoms in total. The molecule has 0 aliphatic rings. The van der Waals surface area contributed by atoms with Crippen molar-refractivity contribution in [3.63, 3.8) is 0 Å². The Labute approximate surface area is 130 Å². The minimum atomic E-state index is -3.61. The van der Waals surface area contributed by atoms with E-state index in [4.69, 9.17) is 0 Å². The van der Waals surface area contributed by atoms with Gasteiger partial charge in [-0.3, -0.25) is 4.72 Å². The van der Waals surface area contributed by atoms with Gasteiger partial charge in [-0.1, -0.05) is 18.2 Å². The molecular formula is C17H18N2O2S. The largest absolute Gasteiger partial charge is 0.359 e. The van der Waals surface area contributed by atoms with Crippen molar-refractivity contribution in [2.45, 2.75) is 25.7 Å². The first kappa shape index (κ1) is 14.7. The molecule has 5 heteroatoms. The molecule has 2 N–H and O–H groups in total. The molecule has 3 rings (SSSR count). The topological polar surface area (TPSA) is 62.0 Å². The molecule has 0 unspecified atom stereocenters. The van der Waals surface area contributed by atoms with Crippen LogP contribution in [-0.2, 0) is 10.0 Å². The number of H-pyrrole nitrogens is 1. The summed E-state index contributed by atoms with van der Waals surface area (Å²) in [6.45, 7) is 5.63. The van der Waals surface area contributed by atoms with Gasteiger partial charge in [0.1, 0.15) is 0 Å². The van der Waals surface area contributed by atoms with E-state index >= 15 is 0 Å². The first-order valence-corrected chi connectivity index (χ1v) is 8.53. The molecule has 0 atom stereocenters. The van der Waals surface area contributed by atoms with E-state index < -0.39 is 10.0 Å². The molecule has 0 aliphatic heterocycles. The van der Waals surface area contributed by atoms with Gasteiger partial charge in [0.05, 0.1) is 10.6 Å².